The molecule has 4 aromatic carbocycles. The van der Waals surface area contributed by atoms with Crippen molar-refractivity contribution < 1.29 is 19.0 Å². The number of rotatable bonds is 9. The quantitative estimate of drug-likeness (QED) is 0.140. The number of hydrogen-bond acceptors (Lipinski definition) is 7. The Kier molecular flexibility index (Phi) is 10.6. The second kappa shape index (κ2) is 14.8. The van der Waals surface area contributed by atoms with E-state index in [2.05, 4.69) is 31.9 Å². The van der Waals surface area contributed by atoms with Crippen LogP contribution in [0.3, 0.4) is 0 Å². The fraction of sp³-hybridized carbons (Fsp3) is 0.139. The number of nitrogens with zero attached hydrogens (tertiary/aromatic N) is 2. The van der Waals surface area contributed by atoms with Crippen LogP contribution in [0.25, 0.3) is 11.8 Å². The number of thiazole rings is 1. The third kappa shape index (κ3) is 7.04. The van der Waals surface area contributed by atoms with E-state index in [-0.39, 0.29) is 24.3 Å². The van der Waals surface area contributed by atoms with Crippen molar-refractivity contribution in [1.29, 1.82) is 0 Å². The average Bonchev–Trinajstić information content (AvgIpc) is 3.38. The van der Waals surface area contributed by atoms with Gasteiger partial charge in [-0.15, -0.1) is 0 Å². The summed E-state index contributed by atoms with van der Waals surface area (Å²) in [5, 5.41) is 1.06. The summed E-state index contributed by atoms with van der Waals surface area (Å²) in [4.78, 5) is 33.3. The molecule has 0 spiro atoms. The zero-order valence-corrected chi connectivity index (χ0v) is 31.0. The van der Waals surface area contributed by atoms with Crippen molar-refractivity contribution in [2.24, 2.45) is 4.99 Å². The second-order valence-corrected chi connectivity index (χ2v) is 14.1. The Morgan fingerprint density at radius 1 is 1.00 bits per heavy atom. The first kappa shape index (κ1) is 34.2. The molecule has 0 aliphatic carbocycles. The van der Waals surface area contributed by atoms with Gasteiger partial charge in [0.2, 0.25) is 0 Å². The fourth-order valence-electron chi connectivity index (χ4n) is 5.31. The molecule has 0 bridgehead atoms. The lowest BCUT2D eigenvalue weighted by molar-refractivity contribution is -0.138. The Morgan fingerprint density at radius 2 is 1.75 bits per heavy atom. The molecule has 6 rings (SSSR count). The number of aromatic nitrogens is 1. The third-order valence-corrected chi connectivity index (χ3v) is 10.2. The van der Waals surface area contributed by atoms with Gasteiger partial charge in [-0.2, -0.15) is 0 Å². The predicted octanol–water partition coefficient (Wildman–Crippen LogP) is 8.36. The van der Waals surface area contributed by atoms with Crippen LogP contribution in [-0.4, -0.2) is 24.3 Å². The molecule has 5 aromatic rings. The van der Waals surface area contributed by atoms with Gasteiger partial charge in [0.25, 0.3) is 5.56 Å². The monoisotopic (exact) mass is 826 g/mol. The Bertz CT molecular complexity index is 2230. The minimum absolute atomic E-state index is 0.163. The van der Waals surface area contributed by atoms with E-state index in [9.17, 15) is 9.59 Å². The highest BCUT2D eigenvalue weighted by Crippen LogP contribution is 2.38. The first-order valence-electron chi connectivity index (χ1n) is 14.7. The molecule has 12 heteroatoms. The van der Waals surface area contributed by atoms with Crippen LogP contribution < -0.4 is 24.4 Å². The van der Waals surface area contributed by atoms with E-state index in [4.69, 9.17) is 42.4 Å². The zero-order chi connectivity index (χ0) is 33.9. The largest absolute Gasteiger partial charge is 0.497 e. The van der Waals surface area contributed by atoms with Crippen LogP contribution in [0.15, 0.2) is 109 Å². The lowest BCUT2D eigenvalue weighted by Gasteiger charge is -2.26. The number of esters is 1. The van der Waals surface area contributed by atoms with E-state index in [0.29, 0.717) is 51.1 Å². The smallest absolute Gasteiger partial charge is 0.338 e. The number of carbonyl (C=O) groups excluding carboxylic acids is 1. The van der Waals surface area contributed by atoms with Gasteiger partial charge in [0.05, 0.1) is 44.5 Å². The van der Waals surface area contributed by atoms with Gasteiger partial charge in [-0.25, -0.2) is 9.79 Å². The van der Waals surface area contributed by atoms with Crippen LogP contribution in [0, 0.1) is 0 Å². The lowest BCUT2D eigenvalue weighted by Crippen LogP contribution is -2.40. The van der Waals surface area contributed by atoms with Gasteiger partial charge in [0.1, 0.15) is 18.1 Å². The molecule has 0 radical (unpaired) electrons. The molecule has 0 fully saturated rings. The first-order valence-corrected chi connectivity index (χ1v) is 17.8. The lowest BCUT2D eigenvalue weighted by atomic mass is 9.93. The molecule has 48 heavy (non-hydrogen) atoms. The minimum Gasteiger partial charge on any atom is -0.497 e. The maximum absolute atomic E-state index is 14.3. The highest BCUT2D eigenvalue weighted by Gasteiger charge is 2.35. The Hall–Kier alpha value is -3.67. The van der Waals surface area contributed by atoms with Crippen molar-refractivity contribution >= 4 is 84.1 Å². The molecule has 244 valence electrons. The molecule has 1 aliphatic rings. The van der Waals surface area contributed by atoms with Gasteiger partial charge in [0.15, 0.2) is 4.80 Å². The van der Waals surface area contributed by atoms with Crippen LogP contribution in [0.2, 0.25) is 10.0 Å². The number of methoxy groups -OCH3 is 1. The minimum atomic E-state index is -0.818. The van der Waals surface area contributed by atoms with Gasteiger partial charge in [-0.1, -0.05) is 83.1 Å². The highest BCUT2D eigenvalue weighted by atomic mass is 79.9. The summed E-state index contributed by atoms with van der Waals surface area (Å²) in [6, 6.07) is 24.9. The Balaban J connectivity index is 1.48. The normalized spacial score (nSPS) is 14.4. The topological polar surface area (TPSA) is 79.1 Å². The zero-order valence-electron chi connectivity index (χ0n) is 25.5. The molecule has 1 aliphatic heterocycles. The number of carbonyl (C=O) groups is 1. The molecule has 1 aromatic heterocycles. The number of halogens is 4. The van der Waals surface area contributed by atoms with Gasteiger partial charge in [-0.05, 0) is 92.4 Å². The SMILES string of the molecule is CCOC(=O)C1=C(c2ccccc2)N=c2s/c(=C\c3cc(Br)c(OCc4ccc(Cl)cc4Cl)c(Br)c3)c(=O)n2[C@H]1c1cccc(OC)c1. The summed E-state index contributed by atoms with van der Waals surface area (Å²) in [6.07, 6.45) is 1.79. The van der Waals surface area contributed by atoms with E-state index in [1.54, 1.807) is 36.8 Å². The van der Waals surface area contributed by atoms with Crippen molar-refractivity contribution in [3.8, 4) is 11.5 Å². The predicted molar refractivity (Wildman–Crippen MR) is 197 cm³/mol. The van der Waals surface area contributed by atoms with Gasteiger partial charge < -0.3 is 14.2 Å². The van der Waals surface area contributed by atoms with E-state index in [1.165, 1.54) is 11.3 Å². The Labute approximate surface area is 307 Å². The average molecular weight is 829 g/mol. The molecule has 0 saturated carbocycles. The number of benzene rings is 4. The van der Waals surface area contributed by atoms with Crippen molar-refractivity contribution in [3.63, 3.8) is 0 Å². The van der Waals surface area contributed by atoms with Crippen molar-refractivity contribution in [3.05, 3.63) is 151 Å². The standard InChI is InChI=1S/C36H26Br2Cl2N2O5S/c1-3-46-35(44)30-31(21-8-5-4-6-9-21)41-36-42(32(30)22-10-7-11-25(17-22)45-2)34(43)29(48-36)16-20-14-26(37)33(27(38)15-20)47-19-23-12-13-24(39)18-28(23)40/h4-18,32H,3,19H2,1-2H3/b29-16-/t32-/m0/s1. The second-order valence-electron chi connectivity index (χ2n) is 10.5. The van der Waals surface area contributed by atoms with Crippen molar-refractivity contribution in [2.45, 2.75) is 19.6 Å². The fourth-order valence-corrected chi connectivity index (χ4v) is 8.22. The van der Waals surface area contributed by atoms with Crippen LogP contribution in [-0.2, 0) is 16.1 Å². The molecule has 2 heterocycles. The van der Waals surface area contributed by atoms with Crippen LogP contribution in [0.5, 0.6) is 11.5 Å². The molecule has 0 N–H and O–H groups in total. The molecular formula is C36H26Br2Cl2N2O5S. The van der Waals surface area contributed by atoms with Gasteiger partial charge >= 0.3 is 5.97 Å². The molecule has 7 nitrogen and oxygen atoms in total. The summed E-state index contributed by atoms with van der Waals surface area (Å²) in [7, 11) is 1.57. The molecule has 1 atom stereocenters. The van der Waals surface area contributed by atoms with Crippen molar-refractivity contribution in [2.75, 3.05) is 13.7 Å². The maximum Gasteiger partial charge on any atom is 0.338 e. The third-order valence-electron chi connectivity index (χ3n) is 7.49. The van der Waals surface area contributed by atoms with Crippen LogP contribution >= 0.6 is 66.4 Å². The molecule has 0 amide bonds. The van der Waals surface area contributed by atoms with E-state index in [1.807, 2.05) is 72.8 Å². The van der Waals surface area contributed by atoms with Crippen LogP contribution in [0.4, 0.5) is 0 Å². The number of fused-ring (bicyclic) bond motifs is 1. The highest BCUT2D eigenvalue weighted by molar-refractivity contribution is 9.11. The summed E-state index contributed by atoms with van der Waals surface area (Å²) in [5.41, 5.74) is 3.35. The van der Waals surface area contributed by atoms with Crippen LogP contribution in [0.1, 0.15) is 35.2 Å². The van der Waals surface area contributed by atoms with E-state index >= 15 is 0 Å². The van der Waals surface area contributed by atoms with E-state index < -0.39 is 12.0 Å². The van der Waals surface area contributed by atoms with Gasteiger partial charge in [-0.3, -0.25) is 9.36 Å². The molecular weight excluding hydrogens is 803 g/mol. The number of ether oxygens (including phenoxy) is 3. The van der Waals surface area contributed by atoms with E-state index in [0.717, 1.165) is 16.7 Å². The van der Waals surface area contributed by atoms with Gasteiger partial charge in [0, 0.05) is 21.2 Å². The maximum atomic E-state index is 14.3. The first-order chi connectivity index (χ1) is 23.2. The Morgan fingerprint density at radius 3 is 2.44 bits per heavy atom. The number of hydrogen-bond donors (Lipinski definition) is 0. The molecule has 0 unspecified atom stereocenters. The molecule has 0 saturated heterocycles. The van der Waals surface area contributed by atoms with Crippen molar-refractivity contribution in [1.82, 2.24) is 4.57 Å². The summed E-state index contributed by atoms with van der Waals surface area (Å²) >= 11 is 20.8. The summed E-state index contributed by atoms with van der Waals surface area (Å²) < 4.78 is 20.5. The summed E-state index contributed by atoms with van der Waals surface area (Å²) in [6.45, 7) is 2.13. The summed E-state index contributed by atoms with van der Waals surface area (Å²) in [5.74, 6) is 0.612.